The third-order valence-electron chi connectivity index (χ3n) is 2.32. The minimum absolute atomic E-state index is 0.141. The van der Waals surface area contributed by atoms with E-state index in [0.29, 0.717) is 19.3 Å². The Morgan fingerprint density at radius 1 is 1.57 bits per heavy atom. The van der Waals surface area contributed by atoms with Gasteiger partial charge in [-0.3, -0.25) is 9.63 Å². The van der Waals surface area contributed by atoms with Gasteiger partial charge in [-0.2, -0.15) is 0 Å². The van der Waals surface area contributed by atoms with E-state index in [1.807, 2.05) is 0 Å². The van der Waals surface area contributed by atoms with Crippen molar-refractivity contribution < 1.29 is 18.0 Å². The van der Waals surface area contributed by atoms with Crippen molar-refractivity contribution >= 4 is 15.7 Å². The third kappa shape index (κ3) is 3.63. The van der Waals surface area contributed by atoms with Crippen molar-refractivity contribution in [3.05, 3.63) is 0 Å². The van der Waals surface area contributed by atoms with Crippen molar-refractivity contribution in [3.8, 4) is 0 Å². The molecule has 0 aliphatic carbocycles. The molecule has 1 fully saturated rings. The first-order chi connectivity index (χ1) is 6.53. The zero-order valence-electron chi connectivity index (χ0n) is 8.15. The van der Waals surface area contributed by atoms with Crippen LogP contribution in [0.2, 0.25) is 0 Å². The summed E-state index contributed by atoms with van der Waals surface area (Å²) in [5.41, 5.74) is 2.20. The standard InChI is InChI=1S/C8H15NO4S/c1-13-9-8(10)3-2-7-4-5-14(11,12)6-7/h7H,2-6H2,1H3,(H,9,10). The molecule has 1 N–H and O–H groups in total. The van der Waals surface area contributed by atoms with Crippen molar-refractivity contribution in [1.82, 2.24) is 5.48 Å². The second-order valence-corrected chi connectivity index (χ2v) is 5.77. The first-order valence-corrected chi connectivity index (χ1v) is 6.38. The van der Waals surface area contributed by atoms with E-state index in [1.54, 1.807) is 0 Å². The van der Waals surface area contributed by atoms with Crippen LogP contribution in [0.1, 0.15) is 19.3 Å². The Morgan fingerprint density at radius 3 is 2.79 bits per heavy atom. The Labute approximate surface area is 83.7 Å². The number of amides is 1. The molecule has 0 aromatic rings. The molecule has 1 unspecified atom stereocenters. The molecule has 82 valence electrons. The van der Waals surface area contributed by atoms with Gasteiger partial charge in [0, 0.05) is 6.42 Å². The summed E-state index contributed by atoms with van der Waals surface area (Å²) in [4.78, 5) is 15.4. The number of carbonyl (C=O) groups is 1. The molecule has 0 spiro atoms. The van der Waals surface area contributed by atoms with Gasteiger partial charge in [-0.05, 0) is 18.8 Å². The molecule has 1 aliphatic heterocycles. The molecule has 1 heterocycles. The summed E-state index contributed by atoms with van der Waals surface area (Å²) in [6, 6.07) is 0. The van der Waals surface area contributed by atoms with Gasteiger partial charge in [0.05, 0.1) is 18.6 Å². The number of sulfone groups is 1. The van der Waals surface area contributed by atoms with Gasteiger partial charge in [-0.15, -0.1) is 0 Å². The summed E-state index contributed by atoms with van der Waals surface area (Å²) in [7, 11) is -1.45. The molecule has 0 aromatic carbocycles. The summed E-state index contributed by atoms with van der Waals surface area (Å²) in [6.07, 6.45) is 1.63. The van der Waals surface area contributed by atoms with E-state index in [1.165, 1.54) is 7.11 Å². The molecular weight excluding hydrogens is 206 g/mol. The molecule has 1 aliphatic rings. The zero-order chi connectivity index (χ0) is 10.6. The number of carbonyl (C=O) groups excluding carboxylic acids is 1. The molecule has 1 atom stereocenters. The molecular formula is C8H15NO4S. The van der Waals surface area contributed by atoms with Crippen molar-refractivity contribution in [2.45, 2.75) is 19.3 Å². The van der Waals surface area contributed by atoms with Crippen LogP contribution in [-0.4, -0.2) is 32.9 Å². The number of hydrogen-bond donors (Lipinski definition) is 1. The highest BCUT2D eigenvalue weighted by Gasteiger charge is 2.27. The number of hydroxylamine groups is 1. The largest absolute Gasteiger partial charge is 0.277 e. The van der Waals surface area contributed by atoms with Crippen LogP contribution in [0.4, 0.5) is 0 Å². The van der Waals surface area contributed by atoms with Gasteiger partial charge < -0.3 is 0 Å². The molecule has 1 saturated heterocycles. The van der Waals surface area contributed by atoms with E-state index in [4.69, 9.17) is 0 Å². The first kappa shape index (κ1) is 11.5. The lowest BCUT2D eigenvalue weighted by Crippen LogP contribution is -2.22. The normalized spacial score (nSPS) is 24.8. The predicted octanol–water partition coefficient (Wildman–Crippen LogP) is -0.121. The summed E-state index contributed by atoms with van der Waals surface area (Å²) < 4.78 is 22.2. The first-order valence-electron chi connectivity index (χ1n) is 4.56. The summed E-state index contributed by atoms with van der Waals surface area (Å²) in [5, 5.41) is 0. The lowest BCUT2D eigenvalue weighted by Gasteiger charge is -2.06. The van der Waals surface area contributed by atoms with E-state index in [2.05, 4.69) is 10.3 Å². The Balaban J connectivity index is 2.24. The van der Waals surface area contributed by atoms with Crippen LogP contribution in [0.15, 0.2) is 0 Å². The van der Waals surface area contributed by atoms with Crippen LogP contribution in [-0.2, 0) is 19.5 Å². The lowest BCUT2D eigenvalue weighted by molar-refractivity contribution is -0.131. The van der Waals surface area contributed by atoms with Crippen LogP contribution in [0, 0.1) is 5.92 Å². The average Bonchev–Trinajstić information content (AvgIpc) is 2.43. The van der Waals surface area contributed by atoms with E-state index in [9.17, 15) is 13.2 Å². The minimum Gasteiger partial charge on any atom is -0.277 e. The van der Waals surface area contributed by atoms with Crippen LogP contribution in [0.3, 0.4) is 0 Å². The van der Waals surface area contributed by atoms with Crippen LogP contribution in [0.5, 0.6) is 0 Å². The maximum Gasteiger partial charge on any atom is 0.243 e. The maximum atomic E-state index is 11.1. The van der Waals surface area contributed by atoms with Gasteiger partial charge >= 0.3 is 0 Å². The molecule has 14 heavy (non-hydrogen) atoms. The van der Waals surface area contributed by atoms with E-state index < -0.39 is 9.84 Å². The fourth-order valence-corrected chi connectivity index (χ4v) is 3.51. The fraction of sp³-hybridized carbons (Fsp3) is 0.875. The lowest BCUT2D eigenvalue weighted by atomic mass is 10.0. The number of rotatable bonds is 4. The highest BCUT2D eigenvalue weighted by atomic mass is 32.2. The SMILES string of the molecule is CONC(=O)CCC1CCS(=O)(=O)C1. The Hall–Kier alpha value is -0.620. The number of nitrogens with one attached hydrogen (secondary N) is 1. The van der Waals surface area contributed by atoms with Crippen molar-refractivity contribution in [3.63, 3.8) is 0 Å². The predicted molar refractivity (Wildman–Crippen MR) is 51.1 cm³/mol. The van der Waals surface area contributed by atoms with Gasteiger partial charge in [-0.1, -0.05) is 0 Å². The fourth-order valence-electron chi connectivity index (χ4n) is 1.60. The summed E-state index contributed by atoms with van der Waals surface area (Å²) in [5.74, 6) is 0.441. The van der Waals surface area contributed by atoms with E-state index >= 15 is 0 Å². The van der Waals surface area contributed by atoms with Crippen molar-refractivity contribution in [1.29, 1.82) is 0 Å². The molecule has 0 saturated carbocycles. The van der Waals surface area contributed by atoms with Crippen LogP contribution >= 0.6 is 0 Å². The summed E-state index contributed by atoms with van der Waals surface area (Å²) >= 11 is 0. The van der Waals surface area contributed by atoms with Gasteiger partial charge in [0.1, 0.15) is 0 Å². The highest BCUT2D eigenvalue weighted by molar-refractivity contribution is 7.91. The monoisotopic (exact) mass is 221 g/mol. The van der Waals surface area contributed by atoms with E-state index in [0.717, 1.165) is 0 Å². The molecule has 5 nitrogen and oxygen atoms in total. The molecule has 0 aromatic heterocycles. The quantitative estimate of drug-likeness (QED) is 0.672. The van der Waals surface area contributed by atoms with Crippen LogP contribution in [0.25, 0.3) is 0 Å². The summed E-state index contributed by atoms with van der Waals surface area (Å²) in [6.45, 7) is 0. The second-order valence-electron chi connectivity index (χ2n) is 3.54. The Morgan fingerprint density at radius 2 is 2.29 bits per heavy atom. The molecule has 0 radical (unpaired) electrons. The molecule has 0 bridgehead atoms. The zero-order valence-corrected chi connectivity index (χ0v) is 8.97. The topological polar surface area (TPSA) is 72.5 Å². The smallest absolute Gasteiger partial charge is 0.243 e. The molecule has 1 rings (SSSR count). The second kappa shape index (κ2) is 4.75. The number of hydrogen-bond acceptors (Lipinski definition) is 4. The van der Waals surface area contributed by atoms with E-state index in [-0.39, 0.29) is 23.3 Å². The maximum absolute atomic E-state index is 11.1. The Bertz CT molecular complexity index is 298. The van der Waals surface area contributed by atoms with Gasteiger partial charge in [0.2, 0.25) is 5.91 Å². The average molecular weight is 221 g/mol. The molecule has 1 amide bonds. The minimum atomic E-state index is -2.82. The van der Waals surface area contributed by atoms with Crippen molar-refractivity contribution in [2.24, 2.45) is 5.92 Å². The van der Waals surface area contributed by atoms with Gasteiger partial charge in [0.15, 0.2) is 9.84 Å². The third-order valence-corrected chi connectivity index (χ3v) is 4.16. The van der Waals surface area contributed by atoms with Gasteiger partial charge in [-0.25, -0.2) is 13.9 Å². The van der Waals surface area contributed by atoms with Gasteiger partial charge in [0.25, 0.3) is 0 Å². The van der Waals surface area contributed by atoms with Crippen LogP contribution < -0.4 is 5.48 Å². The molecule has 6 heteroatoms. The Kier molecular flexibility index (Phi) is 3.88. The van der Waals surface area contributed by atoms with Crippen molar-refractivity contribution in [2.75, 3.05) is 18.6 Å². The highest BCUT2D eigenvalue weighted by Crippen LogP contribution is 2.22.